The van der Waals surface area contributed by atoms with Gasteiger partial charge in [-0.15, -0.1) is 0 Å². The molecule has 0 unspecified atom stereocenters. The summed E-state index contributed by atoms with van der Waals surface area (Å²) in [6, 6.07) is 10.6. The molecule has 148 valence electrons. The van der Waals surface area contributed by atoms with E-state index in [4.69, 9.17) is 0 Å². The lowest BCUT2D eigenvalue weighted by Gasteiger charge is -2.33. The average molecular weight is 380 g/mol. The summed E-state index contributed by atoms with van der Waals surface area (Å²) >= 11 is 0. The number of anilines is 1. The molecule has 0 atom stereocenters. The zero-order valence-electron chi connectivity index (χ0n) is 16.6. The number of hydrogen-bond donors (Lipinski definition) is 0. The first-order chi connectivity index (χ1) is 13.7. The first-order valence-electron chi connectivity index (χ1n) is 10.3. The van der Waals surface area contributed by atoms with E-state index in [-0.39, 0.29) is 5.91 Å². The molecule has 1 amide bonds. The van der Waals surface area contributed by atoms with Crippen LogP contribution in [0, 0.1) is 5.92 Å². The third-order valence-corrected chi connectivity index (χ3v) is 5.94. The van der Waals surface area contributed by atoms with E-state index in [0.717, 1.165) is 64.5 Å². The summed E-state index contributed by atoms with van der Waals surface area (Å²) in [6.07, 6.45) is 6.60. The summed E-state index contributed by atoms with van der Waals surface area (Å²) in [7, 11) is 2.13. The molecule has 6 heteroatoms. The molecule has 2 fully saturated rings. The highest BCUT2D eigenvalue weighted by Crippen LogP contribution is 2.23. The Morgan fingerprint density at radius 1 is 0.964 bits per heavy atom. The topological polar surface area (TPSA) is 52.6 Å². The van der Waals surface area contributed by atoms with E-state index in [9.17, 15) is 4.79 Å². The van der Waals surface area contributed by atoms with Gasteiger partial charge in [-0.3, -0.25) is 4.79 Å². The molecular weight excluding hydrogens is 350 g/mol. The number of amides is 1. The fourth-order valence-electron chi connectivity index (χ4n) is 4.07. The second kappa shape index (κ2) is 8.69. The van der Waals surface area contributed by atoms with Gasteiger partial charge in [0.15, 0.2) is 0 Å². The number of aromatic nitrogens is 2. The van der Waals surface area contributed by atoms with Crippen molar-refractivity contribution >= 4 is 11.9 Å². The van der Waals surface area contributed by atoms with E-state index in [1.807, 2.05) is 4.90 Å². The molecule has 0 bridgehead atoms. The molecule has 0 N–H and O–H groups in total. The third-order valence-electron chi connectivity index (χ3n) is 5.94. The number of carbonyl (C=O) groups is 1. The Labute approximate surface area is 167 Å². The van der Waals surface area contributed by atoms with Crippen molar-refractivity contribution in [2.75, 3.05) is 51.2 Å². The van der Waals surface area contributed by atoms with Crippen LogP contribution in [0.1, 0.15) is 28.8 Å². The maximum atomic E-state index is 12.8. The Kier molecular flexibility index (Phi) is 5.86. The van der Waals surface area contributed by atoms with E-state index in [1.165, 1.54) is 5.56 Å². The molecule has 28 heavy (non-hydrogen) atoms. The predicted molar refractivity (Wildman–Crippen MR) is 111 cm³/mol. The van der Waals surface area contributed by atoms with E-state index in [0.29, 0.717) is 11.5 Å². The number of piperazine rings is 1. The Morgan fingerprint density at radius 2 is 1.61 bits per heavy atom. The maximum Gasteiger partial charge on any atom is 0.256 e. The van der Waals surface area contributed by atoms with Gasteiger partial charge in [-0.1, -0.05) is 30.3 Å². The number of piperidine rings is 1. The summed E-state index contributed by atoms with van der Waals surface area (Å²) in [5, 5.41) is 0. The lowest BCUT2D eigenvalue weighted by molar-refractivity contribution is 0.0689. The highest BCUT2D eigenvalue weighted by atomic mass is 16.2. The second-order valence-electron chi connectivity index (χ2n) is 7.99. The lowest BCUT2D eigenvalue weighted by Crippen LogP contribution is -2.45. The van der Waals surface area contributed by atoms with Gasteiger partial charge in [0.25, 0.3) is 5.91 Å². The van der Waals surface area contributed by atoms with Gasteiger partial charge in [0.1, 0.15) is 0 Å². The SMILES string of the molecule is CN1CCN(c2ncc(C(=O)N3CCC(Cc4ccccc4)CC3)cn2)CC1. The standard InChI is InChI=1S/C22H29N5O/c1-25-11-13-27(14-12-25)22-23-16-20(17-24-22)21(28)26-9-7-19(8-10-26)15-18-5-3-2-4-6-18/h2-6,16-17,19H,7-15H2,1H3. The van der Waals surface area contributed by atoms with Gasteiger partial charge in [0.05, 0.1) is 5.56 Å². The van der Waals surface area contributed by atoms with Crippen LogP contribution in [0.3, 0.4) is 0 Å². The summed E-state index contributed by atoms with van der Waals surface area (Å²) in [5.74, 6) is 1.44. The first-order valence-corrected chi connectivity index (χ1v) is 10.3. The van der Waals surface area contributed by atoms with Crippen LogP contribution < -0.4 is 4.90 Å². The van der Waals surface area contributed by atoms with E-state index in [2.05, 4.69) is 57.1 Å². The fourth-order valence-corrected chi connectivity index (χ4v) is 4.07. The molecule has 2 aromatic rings. The summed E-state index contributed by atoms with van der Waals surface area (Å²) in [5.41, 5.74) is 1.99. The molecule has 2 saturated heterocycles. The summed E-state index contributed by atoms with van der Waals surface area (Å²) in [4.78, 5) is 28.2. The molecule has 1 aromatic heterocycles. The van der Waals surface area contributed by atoms with Gasteiger partial charge < -0.3 is 14.7 Å². The maximum absolute atomic E-state index is 12.8. The summed E-state index contributed by atoms with van der Waals surface area (Å²) in [6.45, 7) is 5.52. The normalized spacial score (nSPS) is 19.0. The first kappa shape index (κ1) is 18.9. The number of hydrogen-bond acceptors (Lipinski definition) is 5. The third kappa shape index (κ3) is 4.50. The van der Waals surface area contributed by atoms with Crippen molar-refractivity contribution in [1.82, 2.24) is 19.8 Å². The van der Waals surface area contributed by atoms with Gasteiger partial charge in [0, 0.05) is 51.7 Å². The number of rotatable bonds is 4. The molecule has 1 aromatic carbocycles. The molecule has 0 saturated carbocycles. The molecule has 3 heterocycles. The van der Waals surface area contributed by atoms with Crippen molar-refractivity contribution in [3.05, 3.63) is 53.9 Å². The van der Waals surface area contributed by atoms with Crippen molar-refractivity contribution in [2.45, 2.75) is 19.3 Å². The molecule has 0 spiro atoms. The van der Waals surface area contributed by atoms with E-state index < -0.39 is 0 Å². The van der Waals surface area contributed by atoms with Gasteiger partial charge >= 0.3 is 0 Å². The van der Waals surface area contributed by atoms with Crippen molar-refractivity contribution in [3.8, 4) is 0 Å². The highest BCUT2D eigenvalue weighted by Gasteiger charge is 2.24. The van der Waals surface area contributed by atoms with Gasteiger partial charge in [-0.05, 0) is 37.8 Å². The molecule has 0 radical (unpaired) electrons. The highest BCUT2D eigenvalue weighted by molar-refractivity contribution is 5.93. The average Bonchev–Trinajstić information content (AvgIpc) is 2.75. The van der Waals surface area contributed by atoms with Crippen molar-refractivity contribution in [3.63, 3.8) is 0 Å². The van der Waals surface area contributed by atoms with Crippen LogP contribution in [0.5, 0.6) is 0 Å². The van der Waals surface area contributed by atoms with Crippen LogP contribution in [0.15, 0.2) is 42.7 Å². The monoisotopic (exact) mass is 379 g/mol. The van der Waals surface area contributed by atoms with Crippen molar-refractivity contribution < 1.29 is 4.79 Å². The molecule has 6 nitrogen and oxygen atoms in total. The minimum atomic E-state index is 0.0584. The van der Waals surface area contributed by atoms with Crippen LogP contribution in [-0.4, -0.2) is 72.0 Å². The Balaban J connectivity index is 1.30. The smallest absolute Gasteiger partial charge is 0.256 e. The van der Waals surface area contributed by atoms with Crippen LogP contribution >= 0.6 is 0 Å². The van der Waals surface area contributed by atoms with Gasteiger partial charge in [-0.2, -0.15) is 0 Å². The number of benzene rings is 1. The van der Waals surface area contributed by atoms with Crippen LogP contribution in [-0.2, 0) is 6.42 Å². The molecule has 4 rings (SSSR count). The second-order valence-corrected chi connectivity index (χ2v) is 7.99. The lowest BCUT2D eigenvalue weighted by atomic mass is 9.90. The molecule has 0 aliphatic carbocycles. The van der Waals surface area contributed by atoms with Crippen LogP contribution in [0.4, 0.5) is 5.95 Å². The largest absolute Gasteiger partial charge is 0.339 e. The Bertz CT molecular complexity index is 763. The number of nitrogens with zero attached hydrogens (tertiary/aromatic N) is 5. The van der Waals surface area contributed by atoms with E-state index >= 15 is 0 Å². The van der Waals surface area contributed by atoms with Crippen molar-refractivity contribution in [1.29, 1.82) is 0 Å². The minimum absolute atomic E-state index is 0.0584. The Morgan fingerprint density at radius 3 is 2.25 bits per heavy atom. The van der Waals surface area contributed by atoms with Gasteiger partial charge in [0.2, 0.25) is 5.95 Å². The number of likely N-dealkylation sites (tertiary alicyclic amines) is 1. The fraction of sp³-hybridized carbons (Fsp3) is 0.500. The zero-order chi connectivity index (χ0) is 19.3. The summed E-state index contributed by atoms with van der Waals surface area (Å²) < 4.78 is 0. The number of likely N-dealkylation sites (N-methyl/N-ethyl adjacent to an activating group) is 1. The molecular formula is C22H29N5O. The predicted octanol–water partition coefficient (Wildman–Crippen LogP) is 2.32. The Hall–Kier alpha value is -2.47. The molecule has 2 aliphatic rings. The molecule has 2 aliphatic heterocycles. The van der Waals surface area contributed by atoms with Crippen LogP contribution in [0.2, 0.25) is 0 Å². The van der Waals surface area contributed by atoms with Crippen LogP contribution in [0.25, 0.3) is 0 Å². The van der Waals surface area contributed by atoms with Crippen molar-refractivity contribution in [2.24, 2.45) is 5.92 Å². The minimum Gasteiger partial charge on any atom is -0.339 e. The number of carbonyl (C=O) groups excluding carboxylic acids is 1. The quantitative estimate of drug-likeness (QED) is 0.816. The zero-order valence-corrected chi connectivity index (χ0v) is 16.6. The van der Waals surface area contributed by atoms with E-state index in [1.54, 1.807) is 12.4 Å². The van der Waals surface area contributed by atoms with Gasteiger partial charge in [-0.25, -0.2) is 9.97 Å².